The molecule has 2 amide bonds. The Hall–Kier alpha value is -4.20. The number of carbonyl (C=O) groups is 3. The Morgan fingerprint density at radius 2 is 1.63 bits per heavy atom. The molecule has 2 aliphatic carbocycles. The fraction of sp³-hybridized carbons (Fsp3) is 0.222. The monoisotopic (exact) mass is 474 g/mol. The SMILES string of the molecule is CN(C(=O)c1cc(F)ccc1NC(=O)OCC1c2ccccc2-c2ccccc21)C1(C(=O)O)CC1. The third kappa shape index (κ3) is 3.90. The van der Waals surface area contributed by atoms with Crippen LogP contribution in [-0.4, -0.2) is 47.2 Å². The minimum absolute atomic E-state index is 0.0432. The highest BCUT2D eigenvalue weighted by Gasteiger charge is 2.55. The Morgan fingerprint density at radius 1 is 1.03 bits per heavy atom. The van der Waals surface area contributed by atoms with Gasteiger partial charge in [-0.25, -0.2) is 14.0 Å². The average Bonchev–Trinajstić information content (AvgIpc) is 3.61. The van der Waals surface area contributed by atoms with Crippen molar-refractivity contribution in [1.82, 2.24) is 4.90 Å². The molecule has 0 spiro atoms. The molecule has 5 rings (SSSR count). The number of carboxylic acid groups (broad SMARTS) is 1. The lowest BCUT2D eigenvalue weighted by Gasteiger charge is -2.25. The van der Waals surface area contributed by atoms with E-state index in [9.17, 15) is 23.9 Å². The molecule has 178 valence electrons. The zero-order valence-electron chi connectivity index (χ0n) is 19.0. The maximum Gasteiger partial charge on any atom is 0.411 e. The van der Waals surface area contributed by atoms with Gasteiger partial charge in [0.25, 0.3) is 5.91 Å². The van der Waals surface area contributed by atoms with Crippen LogP contribution in [-0.2, 0) is 9.53 Å². The maximum atomic E-state index is 14.0. The molecule has 0 aromatic heterocycles. The van der Waals surface area contributed by atoms with Gasteiger partial charge in [0.05, 0.1) is 11.3 Å². The topological polar surface area (TPSA) is 95.9 Å². The number of likely N-dealkylation sites (N-methyl/N-ethyl adjacent to an activating group) is 1. The van der Waals surface area contributed by atoms with Crippen LogP contribution >= 0.6 is 0 Å². The van der Waals surface area contributed by atoms with Gasteiger partial charge in [0.1, 0.15) is 18.0 Å². The zero-order valence-corrected chi connectivity index (χ0v) is 19.0. The van der Waals surface area contributed by atoms with Crippen LogP contribution in [0.5, 0.6) is 0 Å². The molecule has 7 nitrogen and oxygen atoms in total. The first kappa shape index (κ1) is 22.6. The second kappa shape index (κ2) is 8.54. The summed E-state index contributed by atoms with van der Waals surface area (Å²) in [7, 11) is 1.37. The van der Waals surface area contributed by atoms with Gasteiger partial charge in [-0.15, -0.1) is 0 Å². The van der Waals surface area contributed by atoms with Crippen molar-refractivity contribution in [1.29, 1.82) is 0 Å². The highest BCUT2D eigenvalue weighted by Crippen LogP contribution is 2.45. The number of amides is 2. The van der Waals surface area contributed by atoms with Crippen LogP contribution in [0.4, 0.5) is 14.9 Å². The minimum Gasteiger partial charge on any atom is -0.479 e. The number of halogens is 1. The molecule has 3 aromatic rings. The van der Waals surface area contributed by atoms with E-state index in [1.165, 1.54) is 13.1 Å². The lowest BCUT2D eigenvalue weighted by molar-refractivity contribution is -0.143. The summed E-state index contributed by atoms with van der Waals surface area (Å²) in [4.78, 5) is 38.4. The second-order valence-corrected chi connectivity index (χ2v) is 8.84. The molecule has 35 heavy (non-hydrogen) atoms. The summed E-state index contributed by atoms with van der Waals surface area (Å²) in [6, 6.07) is 19.2. The van der Waals surface area contributed by atoms with E-state index in [4.69, 9.17) is 4.74 Å². The van der Waals surface area contributed by atoms with Crippen molar-refractivity contribution in [3.8, 4) is 11.1 Å². The van der Waals surface area contributed by atoms with Crippen LogP contribution in [0.3, 0.4) is 0 Å². The largest absolute Gasteiger partial charge is 0.479 e. The summed E-state index contributed by atoms with van der Waals surface area (Å²) in [6.07, 6.45) is -0.168. The predicted molar refractivity (Wildman–Crippen MR) is 127 cm³/mol. The molecule has 0 unspecified atom stereocenters. The Labute approximate surface area is 201 Å². The highest BCUT2D eigenvalue weighted by molar-refractivity contribution is 6.05. The number of hydrogen-bond donors (Lipinski definition) is 2. The van der Waals surface area contributed by atoms with Crippen molar-refractivity contribution in [3.05, 3.63) is 89.2 Å². The summed E-state index contributed by atoms with van der Waals surface area (Å²) in [6.45, 7) is 0.0758. The van der Waals surface area contributed by atoms with Gasteiger partial charge in [-0.1, -0.05) is 48.5 Å². The van der Waals surface area contributed by atoms with Crippen LogP contribution in [0.2, 0.25) is 0 Å². The van der Waals surface area contributed by atoms with Crippen LogP contribution in [0.15, 0.2) is 66.7 Å². The Balaban J connectivity index is 1.33. The number of anilines is 1. The lowest BCUT2D eigenvalue weighted by Crippen LogP contribution is -2.44. The zero-order chi connectivity index (χ0) is 24.7. The normalized spacial score (nSPS) is 15.0. The van der Waals surface area contributed by atoms with Crippen molar-refractivity contribution < 1.29 is 28.6 Å². The van der Waals surface area contributed by atoms with Crippen molar-refractivity contribution in [3.63, 3.8) is 0 Å². The summed E-state index contributed by atoms with van der Waals surface area (Å²) in [5.41, 5.74) is 2.91. The van der Waals surface area contributed by atoms with Gasteiger partial charge >= 0.3 is 12.1 Å². The summed E-state index contributed by atoms with van der Waals surface area (Å²) >= 11 is 0. The summed E-state index contributed by atoms with van der Waals surface area (Å²) in [5.74, 6) is -2.63. The van der Waals surface area contributed by atoms with Crippen molar-refractivity contribution >= 4 is 23.7 Å². The molecule has 0 atom stereocenters. The van der Waals surface area contributed by atoms with E-state index < -0.39 is 29.3 Å². The molecule has 1 saturated carbocycles. The molecule has 0 bridgehead atoms. The summed E-state index contributed by atoms with van der Waals surface area (Å²) in [5, 5.41) is 12.0. The van der Waals surface area contributed by atoms with Crippen molar-refractivity contribution in [2.24, 2.45) is 0 Å². The maximum absolute atomic E-state index is 14.0. The van der Waals surface area contributed by atoms with E-state index in [-0.39, 0.29) is 23.8 Å². The van der Waals surface area contributed by atoms with E-state index in [1.807, 2.05) is 48.5 Å². The Morgan fingerprint density at radius 3 is 2.20 bits per heavy atom. The number of nitrogens with zero attached hydrogens (tertiary/aromatic N) is 1. The molecule has 3 aromatic carbocycles. The molecule has 0 heterocycles. The summed E-state index contributed by atoms with van der Waals surface area (Å²) < 4.78 is 19.5. The van der Waals surface area contributed by atoms with E-state index in [0.29, 0.717) is 12.8 Å². The number of nitrogens with one attached hydrogen (secondary N) is 1. The number of ether oxygens (including phenoxy) is 1. The fourth-order valence-electron chi connectivity index (χ4n) is 4.73. The van der Waals surface area contributed by atoms with Crippen LogP contribution in [0.25, 0.3) is 11.1 Å². The molecule has 2 N–H and O–H groups in total. The molecule has 0 saturated heterocycles. The first-order chi connectivity index (χ1) is 16.8. The molecule has 8 heteroatoms. The first-order valence-electron chi connectivity index (χ1n) is 11.2. The number of carboxylic acids is 1. The van der Waals surface area contributed by atoms with E-state index in [2.05, 4.69) is 5.32 Å². The van der Waals surface area contributed by atoms with Gasteiger partial charge < -0.3 is 14.7 Å². The fourth-order valence-corrected chi connectivity index (χ4v) is 4.73. The van der Waals surface area contributed by atoms with Gasteiger partial charge in [-0.2, -0.15) is 0 Å². The molecule has 0 radical (unpaired) electrons. The van der Waals surface area contributed by atoms with E-state index >= 15 is 0 Å². The minimum atomic E-state index is -1.30. The number of hydrogen-bond acceptors (Lipinski definition) is 4. The smallest absolute Gasteiger partial charge is 0.411 e. The van der Waals surface area contributed by atoms with Gasteiger partial charge in [0.2, 0.25) is 0 Å². The molecular formula is C27H23FN2O5. The van der Waals surface area contributed by atoms with Crippen molar-refractivity contribution in [2.45, 2.75) is 24.3 Å². The molecular weight excluding hydrogens is 451 g/mol. The van der Waals surface area contributed by atoms with E-state index in [1.54, 1.807) is 0 Å². The van der Waals surface area contributed by atoms with Crippen LogP contribution in [0.1, 0.15) is 40.2 Å². The first-order valence-corrected chi connectivity index (χ1v) is 11.2. The average molecular weight is 474 g/mol. The van der Waals surface area contributed by atoms with Gasteiger partial charge in [0, 0.05) is 13.0 Å². The highest BCUT2D eigenvalue weighted by atomic mass is 19.1. The Kier molecular flexibility index (Phi) is 5.51. The van der Waals surface area contributed by atoms with Crippen molar-refractivity contribution in [2.75, 3.05) is 19.0 Å². The van der Waals surface area contributed by atoms with E-state index in [0.717, 1.165) is 39.3 Å². The Bertz CT molecular complexity index is 1310. The van der Waals surface area contributed by atoms with Gasteiger partial charge in [0.15, 0.2) is 0 Å². The van der Waals surface area contributed by atoms with Gasteiger partial charge in [-0.05, 0) is 53.3 Å². The number of carbonyl (C=O) groups excluding carboxylic acids is 2. The number of benzene rings is 3. The number of aliphatic carboxylic acids is 1. The third-order valence-electron chi connectivity index (χ3n) is 6.86. The number of rotatable bonds is 6. The third-order valence-corrected chi connectivity index (χ3v) is 6.86. The lowest BCUT2D eigenvalue weighted by atomic mass is 9.98. The number of fused-ring (bicyclic) bond motifs is 3. The quantitative estimate of drug-likeness (QED) is 0.531. The molecule has 1 fully saturated rings. The molecule has 0 aliphatic heterocycles. The van der Waals surface area contributed by atoms with Crippen LogP contribution < -0.4 is 5.32 Å². The second-order valence-electron chi connectivity index (χ2n) is 8.84. The van der Waals surface area contributed by atoms with Crippen LogP contribution in [0, 0.1) is 5.82 Å². The standard InChI is InChI=1S/C27H23FN2O5/c1-30(27(12-13-27)25(32)33)24(31)21-14-16(28)10-11-23(21)29-26(34)35-15-22-19-8-4-2-6-17(19)18-7-3-5-9-20(18)22/h2-11,14,22H,12-13,15H2,1H3,(H,29,34)(H,32,33). The van der Waals surface area contributed by atoms with Gasteiger partial charge in [-0.3, -0.25) is 10.1 Å². The predicted octanol–water partition coefficient (Wildman–Crippen LogP) is 4.88. The molecule has 2 aliphatic rings.